The molecule has 0 aliphatic carbocycles. The van der Waals surface area contributed by atoms with Crippen molar-refractivity contribution in [2.45, 2.75) is 39.2 Å². The van der Waals surface area contributed by atoms with Gasteiger partial charge in [-0.15, -0.1) is 6.58 Å². The maximum absolute atomic E-state index is 5.48. The quantitative estimate of drug-likeness (QED) is 0.336. The Morgan fingerprint density at radius 2 is 2.00 bits per heavy atom. The van der Waals surface area contributed by atoms with Crippen LogP contribution in [0.2, 0.25) is 0 Å². The average Bonchev–Trinajstić information content (AvgIpc) is 2.23. The molecule has 3 heteroatoms. The van der Waals surface area contributed by atoms with Gasteiger partial charge in [-0.05, 0) is 38.9 Å². The summed E-state index contributed by atoms with van der Waals surface area (Å²) in [7, 11) is 0. The highest BCUT2D eigenvalue weighted by Gasteiger charge is 2.07. The molecule has 0 saturated heterocycles. The molecule has 3 nitrogen and oxygen atoms in total. The van der Waals surface area contributed by atoms with Gasteiger partial charge in [-0.1, -0.05) is 19.9 Å². The first-order valence-electron chi connectivity index (χ1n) is 5.57. The highest BCUT2D eigenvalue weighted by atomic mass is 15.2. The SMILES string of the molecule is C=CCCC(CCN(CC)CC)NN. The Morgan fingerprint density at radius 1 is 1.36 bits per heavy atom. The van der Waals surface area contributed by atoms with E-state index in [1.165, 1.54) is 0 Å². The summed E-state index contributed by atoms with van der Waals surface area (Å²) in [6, 6.07) is 0.425. The van der Waals surface area contributed by atoms with Gasteiger partial charge in [0.15, 0.2) is 0 Å². The number of nitrogens with zero attached hydrogens (tertiary/aromatic N) is 1. The minimum Gasteiger partial charge on any atom is -0.304 e. The van der Waals surface area contributed by atoms with E-state index in [2.05, 4.69) is 30.8 Å². The molecule has 0 rings (SSSR count). The van der Waals surface area contributed by atoms with Gasteiger partial charge >= 0.3 is 0 Å². The molecular weight excluding hydrogens is 174 g/mol. The largest absolute Gasteiger partial charge is 0.304 e. The van der Waals surface area contributed by atoms with E-state index in [1.807, 2.05) is 6.08 Å². The summed E-state index contributed by atoms with van der Waals surface area (Å²) in [5.74, 6) is 5.48. The van der Waals surface area contributed by atoms with E-state index in [1.54, 1.807) is 0 Å². The first-order chi connectivity index (χ1) is 6.78. The Labute approximate surface area is 88.3 Å². The molecule has 0 radical (unpaired) electrons. The molecule has 0 saturated carbocycles. The number of rotatable bonds is 9. The molecule has 1 unspecified atom stereocenters. The van der Waals surface area contributed by atoms with Gasteiger partial charge in [-0.2, -0.15) is 0 Å². The molecule has 0 aliphatic rings. The second-order valence-corrected chi connectivity index (χ2v) is 3.55. The lowest BCUT2D eigenvalue weighted by Gasteiger charge is -2.21. The zero-order valence-electron chi connectivity index (χ0n) is 9.63. The van der Waals surface area contributed by atoms with Crippen LogP contribution in [0.3, 0.4) is 0 Å². The van der Waals surface area contributed by atoms with Gasteiger partial charge in [0, 0.05) is 6.04 Å². The van der Waals surface area contributed by atoms with Crippen molar-refractivity contribution in [1.82, 2.24) is 10.3 Å². The van der Waals surface area contributed by atoms with Crippen molar-refractivity contribution < 1.29 is 0 Å². The standard InChI is InChI=1S/C11H25N3/c1-4-7-8-11(13-12)9-10-14(5-2)6-3/h4,11,13H,1,5-10,12H2,2-3H3. The second kappa shape index (κ2) is 9.19. The summed E-state index contributed by atoms with van der Waals surface area (Å²) < 4.78 is 0. The summed E-state index contributed by atoms with van der Waals surface area (Å²) in [6.45, 7) is 11.5. The number of hydrogen-bond donors (Lipinski definition) is 2. The minimum atomic E-state index is 0.425. The number of allylic oxidation sites excluding steroid dienone is 1. The number of hydrazine groups is 1. The first kappa shape index (κ1) is 13.6. The molecule has 0 amide bonds. The van der Waals surface area contributed by atoms with Gasteiger partial charge in [0.05, 0.1) is 0 Å². The lowest BCUT2D eigenvalue weighted by molar-refractivity contribution is 0.278. The van der Waals surface area contributed by atoms with Gasteiger partial charge in [-0.3, -0.25) is 11.3 Å². The lowest BCUT2D eigenvalue weighted by atomic mass is 10.1. The third kappa shape index (κ3) is 6.13. The molecule has 3 N–H and O–H groups in total. The fourth-order valence-electron chi connectivity index (χ4n) is 1.51. The Morgan fingerprint density at radius 3 is 2.43 bits per heavy atom. The monoisotopic (exact) mass is 199 g/mol. The van der Waals surface area contributed by atoms with Crippen molar-refractivity contribution in [2.24, 2.45) is 5.84 Å². The molecule has 0 heterocycles. The van der Waals surface area contributed by atoms with Crippen LogP contribution >= 0.6 is 0 Å². The van der Waals surface area contributed by atoms with Crippen molar-refractivity contribution in [3.05, 3.63) is 12.7 Å². The van der Waals surface area contributed by atoms with E-state index in [0.29, 0.717) is 6.04 Å². The predicted octanol–water partition coefficient (Wildman–Crippen LogP) is 1.52. The van der Waals surface area contributed by atoms with Crippen LogP contribution in [0.25, 0.3) is 0 Å². The van der Waals surface area contributed by atoms with Crippen molar-refractivity contribution in [2.75, 3.05) is 19.6 Å². The summed E-state index contributed by atoms with van der Waals surface area (Å²) in [5, 5.41) is 0. The maximum atomic E-state index is 5.48. The van der Waals surface area contributed by atoms with E-state index in [-0.39, 0.29) is 0 Å². The average molecular weight is 199 g/mol. The molecule has 0 bridgehead atoms. The highest BCUT2D eigenvalue weighted by molar-refractivity contribution is 4.73. The van der Waals surface area contributed by atoms with Gasteiger partial charge in [0.25, 0.3) is 0 Å². The van der Waals surface area contributed by atoms with Crippen LogP contribution in [0.15, 0.2) is 12.7 Å². The third-order valence-corrected chi connectivity index (χ3v) is 2.64. The molecule has 0 spiro atoms. The number of nitrogens with one attached hydrogen (secondary N) is 1. The third-order valence-electron chi connectivity index (χ3n) is 2.64. The number of hydrogen-bond acceptors (Lipinski definition) is 3. The van der Waals surface area contributed by atoms with Crippen molar-refractivity contribution in [3.8, 4) is 0 Å². The minimum absolute atomic E-state index is 0.425. The summed E-state index contributed by atoms with van der Waals surface area (Å²) in [4.78, 5) is 2.41. The van der Waals surface area contributed by atoms with Crippen molar-refractivity contribution in [1.29, 1.82) is 0 Å². The second-order valence-electron chi connectivity index (χ2n) is 3.55. The summed E-state index contributed by atoms with van der Waals surface area (Å²) in [6.07, 6.45) is 5.18. The smallest absolute Gasteiger partial charge is 0.0225 e. The molecule has 0 fully saturated rings. The van der Waals surface area contributed by atoms with Crippen LogP contribution in [-0.2, 0) is 0 Å². The lowest BCUT2D eigenvalue weighted by Crippen LogP contribution is -2.38. The van der Waals surface area contributed by atoms with Crippen molar-refractivity contribution >= 4 is 0 Å². The van der Waals surface area contributed by atoms with E-state index in [4.69, 9.17) is 5.84 Å². The van der Waals surface area contributed by atoms with Gasteiger partial charge in [-0.25, -0.2) is 0 Å². The molecule has 1 atom stereocenters. The molecule has 0 aliphatic heterocycles. The molecule has 0 aromatic carbocycles. The fourth-order valence-corrected chi connectivity index (χ4v) is 1.51. The van der Waals surface area contributed by atoms with Crippen LogP contribution in [0.1, 0.15) is 33.1 Å². The van der Waals surface area contributed by atoms with Gasteiger partial charge in [0.1, 0.15) is 0 Å². The Kier molecular flexibility index (Phi) is 8.94. The van der Waals surface area contributed by atoms with E-state index in [9.17, 15) is 0 Å². The molecule has 14 heavy (non-hydrogen) atoms. The van der Waals surface area contributed by atoms with Crippen LogP contribution in [0.4, 0.5) is 0 Å². The van der Waals surface area contributed by atoms with Crippen LogP contribution in [-0.4, -0.2) is 30.6 Å². The Bertz CT molecular complexity index is 132. The summed E-state index contributed by atoms with van der Waals surface area (Å²) >= 11 is 0. The van der Waals surface area contributed by atoms with Crippen LogP contribution in [0.5, 0.6) is 0 Å². The zero-order chi connectivity index (χ0) is 10.8. The van der Waals surface area contributed by atoms with E-state index >= 15 is 0 Å². The maximum Gasteiger partial charge on any atom is 0.0225 e. The Hall–Kier alpha value is -0.380. The Balaban J connectivity index is 3.64. The molecule has 0 aromatic rings. The summed E-state index contributed by atoms with van der Waals surface area (Å²) in [5.41, 5.74) is 2.87. The molecular formula is C11H25N3. The normalized spacial score (nSPS) is 13.1. The predicted molar refractivity (Wildman–Crippen MR) is 62.9 cm³/mol. The van der Waals surface area contributed by atoms with Crippen molar-refractivity contribution in [3.63, 3.8) is 0 Å². The first-order valence-corrected chi connectivity index (χ1v) is 5.57. The molecule has 84 valence electrons. The topological polar surface area (TPSA) is 41.3 Å². The van der Waals surface area contributed by atoms with Crippen LogP contribution < -0.4 is 11.3 Å². The molecule has 0 aromatic heterocycles. The van der Waals surface area contributed by atoms with Crippen LogP contribution in [0, 0.1) is 0 Å². The van der Waals surface area contributed by atoms with Gasteiger partial charge < -0.3 is 4.90 Å². The van der Waals surface area contributed by atoms with E-state index < -0.39 is 0 Å². The highest BCUT2D eigenvalue weighted by Crippen LogP contribution is 2.03. The van der Waals surface area contributed by atoms with Gasteiger partial charge in [0.2, 0.25) is 0 Å². The zero-order valence-corrected chi connectivity index (χ0v) is 9.63. The fraction of sp³-hybridized carbons (Fsp3) is 0.818. The number of nitrogens with two attached hydrogens (primary N) is 1. The van der Waals surface area contributed by atoms with E-state index in [0.717, 1.165) is 38.9 Å².